The summed E-state index contributed by atoms with van der Waals surface area (Å²) in [5, 5.41) is 2.81. The van der Waals surface area contributed by atoms with Crippen LogP contribution in [-0.4, -0.2) is 77.4 Å². The van der Waals surface area contributed by atoms with Gasteiger partial charge in [0.25, 0.3) is 11.9 Å². The smallest absolute Gasteiger partial charge is 0.378 e. The fourth-order valence-corrected chi connectivity index (χ4v) is 5.45. The Labute approximate surface area is 221 Å². The van der Waals surface area contributed by atoms with Crippen molar-refractivity contribution in [2.24, 2.45) is 5.92 Å². The van der Waals surface area contributed by atoms with E-state index < -0.39 is 48.5 Å². The van der Waals surface area contributed by atoms with Gasteiger partial charge in [0, 0.05) is 12.4 Å². The van der Waals surface area contributed by atoms with Crippen LogP contribution in [0.4, 0.5) is 0 Å². The molecule has 2 aromatic rings. The van der Waals surface area contributed by atoms with E-state index in [4.69, 9.17) is 14.0 Å². The standard InChI is InChI=1S/C26H32BN4O7/c1-16(2)12-18(27-31(3)22(25(34)36-4)23(37-27)26(35)38-27)14-21(32)19(13-17-8-6-5-7-9-17)30-24(33)20-15-28-10-11-29-20/h5-11,15-16,18-19,22-23H,12-14H2,1-4H3,(H,30,33)/q-1/t18?,19-,22+,23+,27?/m0/s1. The van der Waals surface area contributed by atoms with Crippen LogP contribution in [0.25, 0.3) is 0 Å². The number of nitrogens with one attached hydrogen (secondary N) is 1. The van der Waals surface area contributed by atoms with Crippen LogP contribution in [0.2, 0.25) is 5.82 Å². The first-order valence-electron chi connectivity index (χ1n) is 12.7. The van der Waals surface area contributed by atoms with E-state index in [1.54, 1.807) is 11.9 Å². The van der Waals surface area contributed by atoms with Gasteiger partial charge in [-0.3, -0.25) is 24.2 Å². The van der Waals surface area contributed by atoms with Crippen molar-refractivity contribution in [3.05, 3.63) is 60.2 Å². The lowest BCUT2D eigenvalue weighted by Gasteiger charge is -2.48. The number of Topliss-reactive ketones (excluding diaryl/α,β-unsaturated/α-hetero) is 1. The van der Waals surface area contributed by atoms with Crippen LogP contribution < -0.4 is 5.32 Å². The summed E-state index contributed by atoms with van der Waals surface area (Å²) in [6.45, 7) is 1.52. The molecule has 202 valence electrons. The molecule has 12 heteroatoms. The first-order chi connectivity index (χ1) is 18.2. The van der Waals surface area contributed by atoms with Crippen molar-refractivity contribution < 1.29 is 33.2 Å². The number of carbonyl (C=O) groups excluding carboxylic acids is 4. The van der Waals surface area contributed by atoms with Crippen LogP contribution in [0.3, 0.4) is 0 Å². The number of methoxy groups -OCH3 is 1. The van der Waals surface area contributed by atoms with Gasteiger partial charge < -0.3 is 24.2 Å². The zero-order chi connectivity index (χ0) is 27.4. The molecule has 1 aromatic carbocycles. The molecule has 2 unspecified atom stereocenters. The molecule has 5 atom stereocenters. The van der Waals surface area contributed by atoms with E-state index in [0.717, 1.165) is 5.56 Å². The number of esters is 1. The zero-order valence-corrected chi connectivity index (χ0v) is 21.9. The fourth-order valence-electron chi connectivity index (χ4n) is 5.45. The zero-order valence-electron chi connectivity index (χ0n) is 21.9. The Bertz CT molecular complexity index is 1180. The molecule has 0 radical (unpaired) electrons. The number of aromatic nitrogens is 2. The summed E-state index contributed by atoms with van der Waals surface area (Å²) in [4.78, 5) is 61.5. The summed E-state index contributed by atoms with van der Waals surface area (Å²) in [5.41, 5.74) is 0.953. The van der Waals surface area contributed by atoms with E-state index in [0.29, 0.717) is 6.42 Å². The van der Waals surface area contributed by atoms with Gasteiger partial charge in [-0.2, -0.15) is 0 Å². The second-order valence-electron chi connectivity index (χ2n) is 10.2. The molecule has 1 amide bonds. The summed E-state index contributed by atoms with van der Waals surface area (Å²) < 4.78 is 16.7. The lowest BCUT2D eigenvalue weighted by atomic mass is 9.52. The molecule has 0 saturated carbocycles. The number of rotatable bonds is 11. The molecule has 2 aliphatic heterocycles. The van der Waals surface area contributed by atoms with Crippen molar-refractivity contribution in [2.45, 2.75) is 57.1 Å². The largest absolute Gasteiger partial charge is 0.651 e. The van der Waals surface area contributed by atoms with Gasteiger partial charge >= 0.3 is 12.7 Å². The van der Waals surface area contributed by atoms with Crippen molar-refractivity contribution in [3.8, 4) is 0 Å². The average molecular weight is 523 g/mol. The average Bonchev–Trinajstić information content (AvgIpc) is 3.40. The van der Waals surface area contributed by atoms with Gasteiger partial charge in [0.05, 0.1) is 19.3 Å². The van der Waals surface area contributed by atoms with Crippen molar-refractivity contribution in [3.63, 3.8) is 0 Å². The molecular weight excluding hydrogens is 491 g/mol. The number of amides is 1. The highest BCUT2D eigenvalue weighted by Crippen LogP contribution is 2.47. The van der Waals surface area contributed by atoms with Crippen LogP contribution in [0.1, 0.15) is 42.7 Å². The second kappa shape index (κ2) is 11.4. The maximum atomic E-state index is 13.8. The SMILES string of the molecule is COC(=O)[C@H]1[C@H]2O[B-](C(CC(=O)[C@H](Cc3ccccc3)NC(=O)c3cnccn3)CC(C)C)(OC2=O)N1C. The van der Waals surface area contributed by atoms with E-state index in [-0.39, 0.29) is 30.2 Å². The van der Waals surface area contributed by atoms with Crippen LogP contribution >= 0.6 is 0 Å². The maximum absolute atomic E-state index is 13.8. The predicted molar refractivity (Wildman–Crippen MR) is 137 cm³/mol. The molecule has 3 heterocycles. The summed E-state index contributed by atoms with van der Waals surface area (Å²) in [6, 6.07) is 7.50. The summed E-state index contributed by atoms with van der Waals surface area (Å²) in [6.07, 6.45) is 3.76. The number of carbonyl (C=O) groups is 4. The van der Waals surface area contributed by atoms with E-state index >= 15 is 0 Å². The summed E-state index contributed by atoms with van der Waals surface area (Å²) in [7, 11) is 2.89. The maximum Gasteiger partial charge on any atom is 0.378 e. The molecule has 11 nitrogen and oxygen atoms in total. The van der Waals surface area contributed by atoms with Gasteiger partial charge in [-0.15, -0.1) is 0 Å². The van der Waals surface area contributed by atoms with E-state index in [9.17, 15) is 19.2 Å². The number of benzene rings is 1. The molecule has 1 aromatic heterocycles. The minimum Gasteiger partial charge on any atom is -0.651 e. The van der Waals surface area contributed by atoms with Gasteiger partial charge in [-0.25, -0.2) is 4.98 Å². The van der Waals surface area contributed by atoms with Crippen molar-refractivity contribution >= 4 is 30.3 Å². The van der Waals surface area contributed by atoms with Gasteiger partial charge in [0.1, 0.15) is 17.8 Å². The fraction of sp³-hybridized carbons (Fsp3) is 0.462. The highest BCUT2D eigenvalue weighted by Gasteiger charge is 2.63. The van der Waals surface area contributed by atoms with Crippen molar-refractivity contribution in [2.75, 3.05) is 14.2 Å². The molecule has 0 spiro atoms. The Morgan fingerprint density at radius 2 is 1.92 bits per heavy atom. The molecule has 1 N–H and O–H groups in total. The molecule has 38 heavy (non-hydrogen) atoms. The summed E-state index contributed by atoms with van der Waals surface area (Å²) >= 11 is 0. The molecule has 2 bridgehead atoms. The molecule has 2 fully saturated rings. The van der Waals surface area contributed by atoms with Gasteiger partial charge in [0.2, 0.25) is 0 Å². The third-order valence-corrected chi connectivity index (χ3v) is 7.20. The first kappa shape index (κ1) is 27.4. The molecule has 2 saturated heterocycles. The first-order valence-corrected chi connectivity index (χ1v) is 12.7. The molecule has 4 rings (SSSR count). The minimum absolute atomic E-state index is 0.0470. The lowest BCUT2D eigenvalue weighted by molar-refractivity contribution is -0.153. The highest BCUT2D eigenvalue weighted by atomic mass is 16.7. The number of ether oxygens (including phenoxy) is 1. The Hall–Kier alpha value is -3.64. The van der Waals surface area contributed by atoms with Crippen molar-refractivity contribution in [1.29, 1.82) is 0 Å². The Morgan fingerprint density at radius 3 is 2.55 bits per heavy atom. The summed E-state index contributed by atoms with van der Waals surface area (Å²) in [5.74, 6) is -2.46. The Morgan fingerprint density at radius 1 is 1.18 bits per heavy atom. The number of nitrogens with zero attached hydrogens (tertiary/aromatic N) is 3. The molecule has 0 aliphatic carbocycles. The van der Waals surface area contributed by atoms with Gasteiger partial charge in [-0.05, 0) is 31.4 Å². The second-order valence-corrected chi connectivity index (χ2v) is 10.2. The van der Waals surface area contributed by atoms with Crippen LogP contribution in [0.5, 0.6) is 0 Å². The minimum atomic E-state index is -2.46. The van der Waals surface area contributed by atoms with E-state index in [2.05, 4.69) is 15.3 Å². The lowest BCUT2D eigenvalue weighted by Crippen LogP contribution is -2.62. The number of fused-ring (bicyclic) bond motifs is 2. The Balaban J connectivity index is 1.61. The number of likely N-dealkylation sites (N-methyl/N-ethyl adjacent to an activating group) is 1. The van der Waals surface area contributed by atoms with E-state index in [1.807, 2.05) is 44.2 Å². The third-order valence-electron chi connectivity index (χ3n) is 7.20. The highest BCUT2D eigenvalue weighted by molar-refractivity contribution is 6.71. The van der Waals surface area contributed by atoms with Gasteiger partial charge in [-0.1, -0.05) is 56.4 Å². The predicted octanol–water partition coefficient (Wildman–Crippen LogP) is 1.56. The monoisotopic (exact) mass is 523 g/mol. The van der Waals surface area contributed by atoms with E-state index in [1.165, 1.54) is 25.7 Å². The molecule has 2 aliphatic rings. The van der Waals surface area contributed by atoms with Crippen LogP contribution in [0, 0.1) is 5.92 Å². The number of hydrogen-bond donors (Lipinski definition) is 1. The Kier molecular flexibility index (Phi) is 8.22. The number of hydrogen-bond acceptors (Lipinski definition) is 10. The van der Waals surface area contributed by atoms with Crippen LogP contribution in [-0.2, 0) is 34.9 Å². The number of ketones is 1. The normalized spacial score (nSPS) is 24.1. The molecular formula is C26H32BN4O7-. The third kappa shape index (κ3) is 5.46. The van der Waals surface area contributed by atoms with Crippen molar-refractivity contribution in [1.82, 2.24) is 20.1 Å². The quantitative estimate of drug-likeness (QED) is 0.341. The van der Waals surface area contributed by atoms with Gasteiger partial charge in [0.15, 0.2) is 5.78 Å². The van der Waals surface area contributed by atoms with Crippen LogP contribution in [0.15, 0.2) is 48.9 Å². The topological polar surface area (TPSA) is 137 Å².